The lowest BCUT2D eigenvalue weighted by molar-refractivity contribution is -0.155. The molecular weight excluding hydrogens is 534 g/mol. The van der Waals surface area contributed by atoms with Crippen molar-refractivity contribution in [1.82, 2.24) is 26.0 Å². The van der Waals surface area contributed by atoms with E-state index in [1.165, 1.54) is 13.3 Å². The largest absolute Gasteiger partial charge is 0.426 e. The van der Waals surface area contributed by atoms with Gasteiger partial charge in [0.25, 0.3) is 5.91 Å². The van der Waals surface area contributed by atoms with Crippen LogP contribution in [-0.4, -0.2) is 84.8 Å². The summed E-state index contributed by atoms with van der Waals surface area (Å²) in [6, 6.07) is 4.32. The molecule has 2 atom stereocenters. The van der Waals surface area contributed by atoms with Crippen LogP contribution in [0.1, 0.15) is 50.0 Å². The van der Waals surface area contributed by atoms with E-state index in [0.717, 1.165) is 16.9 Å². The Labute approximate surface area is 237 Å². The third-order valence-electron chi connectivity index (χ3n) is 6.53. The van der Waals surface area contributed by atoms with Crippen LogP contribution in [0.3, 0.4) is 0 Å². The van der Waals surface area contributed by atoms with Crippen LogP contribution in [-0.2, 0) is 23.9 Å². The van der Waals surface area contributed by atoms with Gasteiger partial charge in [0.15, 0.2) is 5.84 Å². The van der Waals surface area contributed by atoms with Crippen LogP contribution in [0.5, 0.6) is 0 Å². The quantitative estimate of drug-likeness (QED) is 0.203. The number of imide groups is 1. The lowest BCUT2D eigenvalue weighted by atomic mass is 10.0. The number of amidine groups is 1. The number of rotatable bonds is 11. The molecule has 0 radical (unpaired) electrons. The van der Waals surface area contributed by atoms with Crippen LogP contribution in [0.15, 0.2) is 39.5 Å². The molecule has 0 aliphatic carbocycles. The van der Waals surface area contributed by atoms with E-state index in [-0.39, 0.29) is 19.0 Å². The number of nitrogens with one attached hydrogen (secondary N) is 3. The highest BCUT2D eigenvalue weighted by atomic mass is 16.7. The van der Waals surface area contributed by atoms with Gasteiger partial charge in [-0.15, -0.1) is 0 Å². The summed E-state index contributed by atoms with van der Waals surface area (Å²) in [4.78, 5) is 70.8. The maximum atomic E-state index is 13.4. The molecule has 4 amide bonds. The van der Waals surface area contributed by atoms with E-state index in [0.29, 0.717) is 41.3 Å². The Hall–Kier alpha value is -4.75. The first-order valence-electron chi connectivity index (χ1n) is 13.2. The number of hydrogen-bond donors (Lipinski definition) is 3. The number of ether oxygens (including phenoxy) is 2. The summed E-state index contributed by atoms with van der Waals surface area (Å²) in [6.07, 6.45) is 1.65. The van der Waals surface area contributed by atoms with Gasteiger partial charge in [-0.25, -0.2) is 24.5 Å². The molecule has 14 nitrogen and oxygen atoms in total. The summed E-state index contributed by atoms with van der Waals surface area (Å²) < 4.78 is 9.80. The summed E-state index contributed by atoms with van der Waals surface area (Å²) in [5.74, 6) is -1.87. The number of amides is 4. The van der Waals surface area contributed by atoms with Crippen molar-refractivity contribution in [3.05, 3.63) is 40.6 Å². The molecule has 1 aromatic rings. The molecule has 2 aliphatic heterocycles. The highest BCUT2D eigenvalue weighted by molar-refractivity contribution is 6.07. The number of hydrogen-bond acceptors (Lipinski definition) is 10. The van der Waals surface area contributed by atoms with Gasteiger partial charge in [-0.3, -0.25) is 24.8 Å². The lowest BCUT2D eigenvalue weighted by Crippen LogP contribution is -2.45. The first-order valence-corrected chi connectivity index (χ1v) is 13.2. The van der Waals surface area contributed by atoms with Gasteiger partial charge < -0.3 is 20.1 Å². The Bertz CT molecular complexity index is 1290. The van der Waals surface area contributed by atoms with E-state index in [2.05, 4.69) is 21.1 Å². The van der Waals surface area contributed by atoms with Crippen molar-refractivity contribution in [2.45, 2.75) is 47.1 Å². The molecule has 0 spiro atoms. The number of aryl methyl sites for hydroxylation is 1. The third-order valence-corrected chi connectivity index (χ3v) is 6.53. The minimum absolute atomic E-state index is 0.0186. The number of esters is 1. The average molecular weight is 570 g/mol. The second kappa shape index (κ2) is 14.1. The van der Waals surface area contributed by atoms with Crippen molar-refractivity contribution in [3.63, 3.8) is 0 Å². The van der Waals surface area contributed by atoms with Crippen LogP contribution in [0.2, 0.25) is 0 Å². The SMILES string of the molecule is CCCNC(=O)c1ccc(C)c(N=C2N=CNN3CC(C(=O)N(CC)C(=O)OCOC(=O)C(C)NC=O)C(C)=C23)c1. The molecule has 0 bridgehead atoms. The van der Waals surface area contributed by atoms with Crippen molar-refractivity contribution < 1.29 is 33.4 Å². The lowest BCUT2D eigenvalue weighted by Gasteiger charge is -2.26. The molecule has 2 unspecified atom stereocenters. The Kier molecular flexibility index (Phi) is 10.6. The number of carbonyl (C=O) groups excluding carboxylic acids is 5. The molecule has 220 valence electrons. The van der Waals surface area contributed by atoms with E-state index in [1.807, 2.05) is 19.9 Å². The molecule has 0 saturated carbocycles. The number of carbonyl (C=O) groups is 5. The van der Waals surface area contributed by atoms with Crippen molar-refractivity contribution in [1.29, 1.82) is 0 Å². The average Bonchev–Trinajstić information content (AvgIpc) is 3.30. The Morgan fingerprint density at radius 1 is 1.24 bits per heavy atom. The van der Waals surface area contributed by atoms with Crippen LogP contribution in [0.4, 0.5) is 10.5 Å². The second-order valence-electron chi connectivity index (χ2n) is 9.35. The van der Waals surface area contributed by atoms with E-state index in [4.69, 9.17) is 14.5 Å². The molecule has 0 aromatic heterocycles. The number of benzene rings is 1. The molecule has 3 N–H and O–H groups in total. The van der Waals surface area contributed by atoms with E-state index < -0.39 is 36.7 Å². The fourth-order valence-electron chi connectivity index (χ4n) is 4.17. The van der Waals surface area contributed by atoms with Crippen molar-refractivity contribution in [2.75, 3.05) is 26.4 Å². The maximum absolute atomic E-state index is 13.4. The van der Waals surface area contributed by atoms with Crippen molar-refractivity contribution >= 4 is 48.1 Å². The minimum Gasteiger partial charge on any atom is -0.426 e. The van der Waals surface area contributed by atoms with Gasteiger partial charge >= 0.3 is 12.1 Å². The third kappa shape index (κ3) is 7.26. The van der Waals surface area contributed by atoms with Gasteiger partial charge in [-0.1, -0.05) is 13.0 Å². The van der Waals surface area contributed by atoms with E-state index >= 15 is 0 Å². The zero-order valence-electron chi connectivity index (χ0n) is 23.7. The Morgan fingerprint density at radius 2 is 2.00 bits per heavy atom. The molecule has 1 aromatic carbocycles. The zero-order valence-corrected chi connectivity index (χ0v) is 23.7. The molecule has 0 fully saturated rings. The number of aliphatic imine (C=N–C) groups is 2. The molecule has 2 heterocycles. The van der Waals surface area contributed by atoms with Crippen LogP contribution >= 0.6 is 0 Å². The van der Waals surface area contributed by atoms with Gasteiger partial charge in [-0.05, 0) is 57.4 Å². The van der Waals surface area contributed by atoms with Gasteiger partial charge in [0.05, 0.1) is 18.2 Å². The smallest absolute Gasteiger partial charge is 0.419 e. The first-order chi connectivity index (χ1) is 19.6. The molecule has 14 heteroatoms. The summed E-state index contributed by atoms with van der Waals surface area (Å²) in [7, 11) is 0. The fourth-order valence-corrected chi connectivity index (χ4v) is 4.17. The van der Waals surface area contributed by atoms with E-state index in [1.54, 1.807) is 31.0 Å². The summed E-state index contributed by atoms with van der Waals surface area (Å²) in [5.41, 5.74) is 6.09. The first kappa shape index (κ1) is 30.8. The molecular formula is C27H35N7O7. The maximum Gasteiger partial charge on any atom is 0.419 e. The molecule has 41 heavy (non-hydrogen) atoms. The number of hydrazine groups is 1. The Balaban J connectivity index is 1.78. The minimum atomic E-state index is -0.976. The molecule has 3 rings (SSSR count). The summed E-state index contributed by atoms with van der Waals surface area (Å²) in [5, 5.41) is 6.80. The summed E-state index contributed by atoms with van der Waals surface area (Å²) in [6.45, 7) is 8.70. The zero-order chi connectivity index (χ0) is 30.1. The highest BCUT2D eigenvalue weighted by Gasteiger charge is 2.40. The van der Waals surface area contributed by atoms with Crippen LogP contribution in [0.25, 0.3) is 0 Å². The van der Waals surface area contributed by atoms with Gasteiger partial charge in [0, 0.05) is 18.7 Å². The van der Waals surface area contributed by atoms with Gasteiger partial charge in [-0.2, -0.15) is 0 Å². The number of nitrogens with zero attached hydrogens (tertiary/aromatic N) is 4. The van der Waals surface area contributed by atoms with Gasteiger partial charge in [0.1, 0.15) is 18.1 Å². The van der Waals surface area contributed by atoms with Crippen LogP contribution in [0, 0.1) is 12.8 Å². The predicted molar refractivity (Wildman–Crippen MR) is 149 cm³/mol. The second-order valence-corrected chi connectivity index (χ2v) is 9.35. The normalized spacial score (nSPS) is 17.3. The summed E-state index contributed by atoms with van der Waals surface area (Å²) >= 11 is 0. The molecule has 0 saturated heterocycles. The van der Waals surface area contributed by atoms with Crippen molar-refractivity contribution in [3.8, 4) is 0 Å². The monoisotopic (exact) mass is 569 g/mol. The van der Waals surface area contributed by atoms with Gasteiger partial charge in [0.2, 0.25) is 19.1 Å². The highest BCUT2D eigenvalue weighted by Crippen LogP contribution is 2.32. The van der Waals surface area contributed by atoms with E-state index in [9.17, 15) is 24.0 Å². The fraction of sp³-hybridized carbons (Fsp3) is 0.444. The van der Waals surface area contributed by atoms with Crippen LogP contribution < -0.4 is 16.1 Å². The standard InChI is InChI=1S/C27H35N7O7/c1-6-10-28-24(36)19-9-8-16(3)21(11-19)32-23-22-17(4)20(12-34(22)31-13-29-23)25(37)33(7-2)27(39)41-15-40-26(38)18(5)30-14-35/h8-9,11,13-14,18,20H,6-7,10,12,15H2,1-5H3,(H,28,36)(H,30,35)(H,29,31,32). The molecule has 2 aliphatic rings. The predicted octanol–water partition coefficient (Wildman–Crippen LogP) is 1.54. The van der Waals surface area contributed by atoms with Crippen molar-refractivity contribution in [2.24, 2.45) is 15.9 Å². The number of fused-ring (bicyclic) bond motifs is 1. The topological polar surface area (TPSA) is 171 Å². The Morgan fingerprint density at radius 3 is 2.68 bits per heavy atom.